The van der Waals surface area contributed by atoms with E-state index in [1.165, 1.54) is 35.3 Å². The molecule has 5 nitrogen and oxygen atoms in total. The first kappa shape index (κ1) is 21.1. The van der Waals surface area contributed by atoms with Crippen molar-refractivity contribution in [2.75, 3.05) is 18.5 Å². The fraction of sp³-hybridized carbons (Fsp3) is 0.280. The molecule has 0 saturated heterocycles. The highest BCUT2D eigenvalue weighted by Gasteiger charge is 2.23. The van der Waals surface area contributed by atoms with Gasteiger partial charge < -0.3 is 14.8 Å². The van der Waals surface area contributed by atoms with Crippen LogP contribution in [-0.2, 0) is 22.4 Å². The number of hydrogen-bond acceptors (Lipinski definition) is 5. The van der Waals surface area contributed by atoms with Crippen LogP contribution in [0.3, 0.4) is 0 Å². The Kier molecular flexibility index (Phi) is 6.67. The van der Waals surface area contributed by atoms with E-state index < -0.39 is 5.97 Å². The molecule has 0 radical (unpaired) electrons. The van der Waals surface area contributed by atoms with Crippen molar-refractivity contribution in [3.05, 3.63) is 70.6 Å². The topological polar surface area (TPSA) is 64.6 Å². The Bertz CT molecular complexity index is 1070. The van der Waals surface area contributed by atoms with Crippen LogP contribution in [0, 0.1) is 0 Å². The van der Waals surface area contributed by atoms with Crippen molar-refractivity contribution in [1.82, 2.24) is 0 Å². The van der Waals surface area contributed by atoms with Gasteiger partial charge in [-0.15, -0.1) is 11.3 Å². The van der Waals surface area contributed by atoms with E-state index in [4.69, 9.17) is 9.47 Å². The number of carbonyl (C=O) groups excluding carboxylic acids is 2. The summed E-state index contributed by atoms with van der Waals surface area (Å²) in [6.45, 7) is 1.90. The van der Waals surface area contributed by atoms with Gasteiger partial charge in [0.05, 0.1) is 6.61 Å². The van der Waals surface area contributed by atoms with E-state index >= 15 is 0 Å². The Hall–Kier alpha value is -3.12. The van der Waals surface area contributed by atoms with E-state index in [9.17, 15) is 9.59 Å². The van der Waals surface area contributed by atoms with Crippen molar-refractivity contribution in [2.45, 2.75) is 32.6 Å². The maximum atomic E-state index is 12.6. The first-order chi connectivity index (χ1) is 15.2. The van der Waals surface area contributed by atoms with Gasteiger partial charge in [0.15, 0.2) is 6.61 Å². The molecule has 1 heterocycles. The van der Waals surface area contributed by atoms with Crippen molar-refractivity contribution >= 4 is 28.2 Å². The van der Waals surface area contributed by atoms with Crippen LogP contribution in [0.5, 0.6) is 5.75 Å². The third kappa shape index (κ3) is 4.97. The standard InChI is InChI=1S/C25H25NO4S/c1-2-29-25(28)23-21(18-9-4-3-5-10-18)16-31-24(23)26-22(27)15-30-20-13-12-17-8-6-7-11-19(17)14-20/h3-5,9-10,12-14,16H,2,6-8,11,15H2,1H3,(H,26,27). The van der Waals surface area contributed by atoms with Gasteiger partial charge >= 0.3 is 5.97 Å². The van der Waals surface area contributed by atoms with E-state index in [0.29, 0.717) is 16.3 Å². The Morgan fingerprint density at radius 1 is 1.03 bits per heavy atom. The lowest BCUT2D eigenvalue weighted by Crippen LogP contribution is -2.21. The molecule has 0 bridgehead atoms. The van der Waals surface area contributed by atoms with E-state index in [-0.39, 0.29) is 19.1 Å². The lowest BCUT2D eigenvalue weighted by atomic mass is 9.92. The summed E-state index contributed by atoms with van der Waals surface area (Å²) >= 11 is 1.31. The predicted molar refractivity (Wildman–Crippen MR) is 123 cm³/mol. The number of nitrogens with one attached hydrogen (secondary N) is 1. The van der Waals surface area contributed by atoms with Crippen molar-refractivity contribution in [1.29, 1.82) is 0 Å². The zero-order valence-corrected chi connectivity index (χ0v) is 18.3. The summed E-state index contributed by atoms with van der Waals surface area (Å²) in [6.07, 6.45) is 4.58. The largest absolute Gasteiger partial charge is 0.484 e. The van der Waals surface area contributed by atoms with Gasteiger partial charge in [0.2, 0.25) is 0 Å². The maximum absolute atomic E-state index is 12.6. The van der Waals surface area contributed by atoms with E-state index in [2.05, 4.69) is 11.4 Å². The van der Waals surface area contributed by atoms with Gasteiger partial charge in [-0.25, -0.2) is 4.79 Å². The van der Waals surface area contributed by atoms with Crippen LogP contribution in [0.1, 0.15) is 41.3 Å². The van der Waals surface area contributed by atoms with Crippen LogP contribution in [-0.4, -0.2) is 25.1 Å². The summed E-state index contributed by atoms with van der Waals surface area (Å²) in [7, 11) is 0. The number of carbonyl (C=O) groups is 2. The van der Waals surface area contributed by atoms with Crippen molar-refractivity contribution in [2.24, 2.45) is 0 Å². The molecule has 1 N–H and O–H groups in total. The second kappa shape index (κ2) is 9.79. The van der Waals surface area contributed by atoms with Gasteiger partial charge in [-0.3, -0.25) is 4.79 Å². The smallest absolute Gasteiger partial charge is 0.341 e. The van der Waals surface area contributed by atoms with Crippen LogP contribution >= 0.6 is 11.3 Å². The van der Waals surface area contributed by atoms with Gasteiger partial charge in [-0.1, -0.05) is 36.4 Å². The molecule has 3 aromatic rings. The monoisotopic (exact) mass is 435 g/mol. The first-order valence-corrected chi connectivity index (χ1v) is 11.4. The molecular weight excluding hydrogens is 410 g/mol. The van der Waals surface area contributed by atoms with Gasteiger partial charge in [0, 0.05) is 10.9 Å². The summed E-state index contributed by atoms with van der Waals surface area (Å²) in [4.78, 5) is 25.2. The third-order valence-electron chi connectivity index (χ3n) is 5.30. The molecule has 6 heteroatoms. The molecule has 1 aromatic heterocycles. The van der Waals surface area contributed by atoms with Crippen molar-refractivity contribution in [3.63, 3.8) is 0 Å². The van der Waals surface area contributed by atoms with Crippen LogP contribution < -0.4 is 10.1 Å². The molecule has 31 heavy (non-hydrogen) atoms. The molecule has 1 aliphatic rings. The quantitative estimate of drug-likeness (QED) is 0.499. The number of anilines is 1. The second-order valence-corrected chi connectivity index (χ2v) is 8.29. The highest BCUT2D eigenvalue weighted by Crippen LogP contribution is 2.36. The van der Waals surface area contributed by atoms with Gasteiger partial charge in [0.25, 0.3) is 5.91 Å². The lowest BCUT2D eigenvalue weighted by Gasteiger charge is -2.16. The number of rotatable bonds is 7. The second-order valence-electron chi connectivity index (χ2n) is 7.41. The number of aryl methyl sites for hydroxylation is 2. The summed E-state index contributed by atoms with van der Waals surface area (Å²) in [5.41, 5.74) is 4.69. The average molecular weight is 436 g/mol. The average Bonchev–Trinajstić information content (AvgIpc) is 3.22. The van der Waals surface area contributed by atoms with Crippen molar-refractivity contribution < 1.29 is 19.1 Å². The molecule has 0 fully saturated rings. The third-order valence-corrected chi connectivity index (χ3v) is 6.19. The molecule has 2 aromatic carbocycles. The number of benzene rings is 2. The number of thiophene rings is 1. The SMILES string of the molecule is CCOC(=O)c1c(-c2ccccc2)csc1NC(=O)COc1ccc2c(c1)CCCC2. The summed E-state index contributed by atoms with van der Waals surface area (Å²) in [5, 5.41) is 5.16. The Morgan fingerprint density at radius 3 is 2.58 bits per heavy atom. The number of amides is 1. The Morgan fingerprint density at radius 2 is 1.81 bits per heavy atom. The molecule has 0 unspecified atom stereocenters. The van der Waals surface area contributed by atoms with Crippen LogP contribution in [0.2, 0.25) is 0 Å². The molecule has 0 aliphatic heterocycles. The zero-order valence-electron chi connectivity index (χ0n) is 17.5. The minimum Gasteiger partial charge on any atom is -0.484 e. The molecule has 0 spiro atoms. The van der Waals surface area contributed by atoms with Gasteiger partial charge in [-0.05, 0) is 61.4 Å². The Labute approximate surface area is 186 Å². The summed E-state index contributed by atoms with van der Waals surface area (Å²) < 4.78 is 11.0. The molecule has 1 aliphatic carbocycles. The highest BCUT2D eigenvalue weighted by molar-refractivity contribution is 7.15. The fourth-order valence-corrected chi connectivity index (χ4v) is 4.77. The van der Waals surface area contributed by atoms with E-state index in [1.807, 2.05) is 47.8 Å². The summed E-state index contributed by atoms with van der Waals surface area (Å²) in [6, 6.07) is 15.6. The molecule has 0 atom stereocenters. The highest BCUT2D eigenvalue weighted by atomic mass is 32.1. The predicted octanol–water partition coefficient (Wildman–Crippen LogP) is 5.49. The molecular formula is C25H25NO4S. The zero-order chi connectivity index (χ0) is 21.6. The normalized spacial score (nSPS) is 12.7. The minimum atomic E-state index is -0.450. The maximum Gasteiger partial charge on any atom is 0.341 e. The molecule has 4 rings (SSSR count). The van der Waals surface area contributed by atoms with Crippen LogP contribution in [0.25, 0.3) is 11.1 Å². The van der Waals surface area contributed by atoms with Gasteiger partial charge in [-0.2, -0.15) is 0 Å². The number of fused-ring (bicyclic) bond motifs is 1. The molecule has 160 valence electrons. The first-order valence-electron chi connectivity index (χ1n) is 10.5. The van der Waals surface area contributed by atoms with Crippen LogP contribution in [0.4, 0.5) is 5.00 Å². The van der Waals surface area contributed by atoms with Crippen molar-refractivity contribution in [3.8, 4) is 16.9 Å². The number of esters is 1. The lowest BCUT2D eigenvalue weighted by molar-refractivity contribution is -0.118. The van der Waals surface area contributed by atoms with Crippen LogP contribution in [0.15, 0.2) is 53.9 Å². The molecule has 1 amide bonds. The van der Waals surface area contributed by atoms with E-state index in [1.54, 1.807) is 6.92 Å². The minimum absolute atomic E-state index is 0.125. The number of ether oxygens (including phenoxy) is 2. The Balaban J connectivity index is 1.47. The van der Waals surface area contributed by atoms with Gasteiger partial charge in [0.1, 0.15) is 16.3 Å². The van der Waals surface area contributed by atoms with E-state index in [0.717, 1.165) is 24.0 Å². The summed E-state index contributed by atoms with van der Waals surface area (Å²) in [5.74, 6) is -0.0733. The fourth-order valence-electron chi connectivity index (χ4n) is 3.80. The molecule has 0 saturated carbocycles. The number of hydrogen-bond donors (Lipinski definition) is 1.